The lowest BCUT2D eigenvalue weighted by Crippen LogP contribution is -2.26. The quantitative estimate of drug-likeness (QED) is 0.377. The Morgan fingerprint density at radius 3 is 2.90 bits per heavy atom. The van der Waals surface area contributed by atoms with Gasteiger partial charge in [0.25, 0.3) is 0 Å². The molecule has 2 rings (SSSR count). The monoisotopic (exact) mass is 140 g/mol. The van der Waals surface area contributed by atoms with Crippen LogP contribution in [0.1, 0.15) is 25.7 Å². The first-order valence-corrected chi connectivity index (χ1v) is 3.90. The third-order valence-corrected chi connectivity index (χ3v) is 2.23. The van der Waals surface area contributed by atoms with Crippen LogP contribution >= 0.6 is 0 Å². The van der Waals surface area contributed by atoms with Crippen molar-refractivity contribution in [2.45, 2.75) is 31.3 Å². The fourth-order valence-electron chi connectivity index (χ4n) is 1.59. The zero-order chi connectivity index (χ0) is 6.86. The van der Waals surface area contributed by atoms with E-state index in [4.69, 9.17) is 9.78 Å². The fraction of sp³-hybridized carbons (Fsp3) is 0.750. The smallest absolute Gasteiger partial charge is 0.124 e. The van der Waals surface area contributed by atoms with E-state index in [1.165, 1.54) is 12.8 Å². The van der Waals surface area contributed by atoms with E-state index in [1.807, 2.05) is 0 Å². The van der Waals surface area contributed by atoms with E-state index in [1.54, 1.807) is 0 Å². The Morgan fingerprint density at radius 2 is 2.30 bits per heavy atom. The zero-order valence-corrected chi connectivity index (χ0v) is 6.01. The van der Waals surface area contributed by atoms with Gasteiger partial charge < -0.3 is 0 Å². The first kappa shape index (κ1) is 6.38. The molecule has 0 aromatic carbocycles. The van der Waals surface area contributed by atoms with Crippen molar-refractivity contribution in [2.24, 2.45) is 0 Å². The van der Waals surface area contributed by atoms with E-state index in [2.05, 4.69) is 12.2 Å². The van der Waals surface area contributed by atoms with Crippen LogP contribution in [0.15, 0.2) is 12.2 Å². The summed E-state index contributed by atoms with van der Waals surface area (Å²) in [5, 5.41) is 0. The molecule has 0 amide bonds. The standard InChI is InChI=1S/C8H12O2/c1-2-4-8(5-3-1)6-7-9-10-8/h2,4H,1,3,5-7H2. The average Bonchev–Trinajstić information content (AvgIpc) is 2.39. The molecule has 0 radical (unpaired) electrons. The van der Waals surface area contributed by atoms with Crippen LogP contribution in [0.5, 0.6) is 0 Å². The number of rotatable bonds is 0. The molecular weight excluding hydrogens is 128 g/mol. The number of hydrogen-bond acceptors (Lipinski definition) is 2. The molecule has 1 saturated heterocycles. The topological polar surface area (TPSA) is 18.5 Å². The molecule has 2 heteroatoms. The van der Waals surface area contributed by atoms with Crippen LogP contribution in [0.2, 0.25) is 0 Å². The maximum Gasteiger partial charge on any atom is 0.124 e. The van der Waals surface area contributed by atoms with Crippen molar-refractivity contribution in [1.29, 1.82) is 0 Å². The highest BCUT2D eigenvalue weighted by Gasteiger charge is 2.35. The molecule has 1 aliphatic carbocycles. The molecule has 2 aliphatic rings. The predicted molar refractivity (Wildman–Crippen MR) is 37.4 cm³/mol. The molecule has 0 N–H and O–H groups in total. The Hall–Kier alpha value is -0.340. The van der Waals surface area contributed by atoms with Crippen molar-refractivity contribution in [3.8, 4) is 0 Å². The molecule has 10 heavy (non-hydrogen) atoms. The average molecular weight is 140 g/mol. The van der Waals surface area contributed by atoms with Crippen LogP contribution in [-0.2, 0) is 9.78 Å². The van der Waals surface area contributed by atoms with Crippen molar-refractivity contribution in [1.82, 2.24) is 0 Å². The van der Waals surface area contributed by atoms with Crippen LogP contribution < -0.4 is 0 Å². The number of allylic oxidation sites excluding steroid dienone is 1. The second kappa shape index (κ2) is 2.36. The summed E-state index contributed by atoms with van der Waals surface area (Å²) in [5.41, 5.74) is -0.0295. The van der Waals surface area contributed by atoms with E-state index >= 15 is 0 Å². The predicted octanol–water partition coefficient (Wildman–Crippen LogP) is 1.82. The van der Waals surface area contributed by atoms with Gasteiger partial charge in [-0.2, -0.15) is 0 Å². The largest absolute Gasteiger partial charge is 0.236 e. The minimum atomic E-state index is -0.0295. The second-order valence-corrected chi connectivity index (χ2v) is 3.01. The Kier molecular flexibility index (Phi) is 1.51. The van der Waals surface area contributed by atoms with Gasteiger partial charge in [0.15, 0.2) is 0 Å². The lowest BCUT2D eigenvalue weighted by Gasteiger charge is -2.24. The molecule has 1 fully saturated rings. The Bertz CT molecular complexity index is 145. The van der Waals surface area contributed by atoms with E-state index in [9.17, 15) is 0 Å². The maximum absolute atomic E-state index is 5.19. The van der Waals surface area contributed by atoms with E-state index < -0.39 is 0 Å². The van der Waals surface area contributed by atoms with Gasteiger partial charge in [-0.05, 0) is 19.3 Å². The summed E-state index contributed by atoms with van der Waals surface area (Å²) in [5.74, 6) is 0. The minimum absolute atomic E-state index is 0.0295. The SMILES string of the molecule is C1=CC2(CCC1)CCOO2. The third-order valence-electron chi connectivity index (χ3n) is 2.23. The molecule has 0 bridgehead atoms. The molecule has 1 atom stereocenters. The van der Waals surface area contributed by atoms with Crippen molar-refractivity contribution in [2.75, 3.05) is 6.61 Å². The Morgan fingerprint density at radius 1 is 1.30 bits per heavy atom. The molecule has 1 unspecified atom stereocenters. The summed E-state index contributed by atoms with van der Waals surface area (Å²) in [6, 6.07) is 0. The van der Waals surface area contributed by atoms with Crippen LogP contribution in [0.4, 0.5) is 0 Å². The van der Waals surface area contributed by atoms with E-state index in [0.29, 0.717) is 0 Å². The van der Waals surface area contributed by atoms with Crippen LogP contribution in [0.3, 0.4) is 0 Å². The van der Waals surface area contributed by atoms with Crippen molar-refractivity contribution >= 4 is 0 Å². The molecular formula is C8H12O2. The lowest BCUT2D eigenvalue weighted by atomic mass is 9.89. The van der Waals surface area contributed by atoms with Crippen molar-refractivity contribution in [3.05, 3.63) is 12.2 Å². The molecule has 1 aliphatic heterocycles. The summed E-state index contributed by atoms with van der Waals surface area (Å²) in [6.07, 6.45) is 8.94. The molecule has 56 valence electrons. The first-order valence-electron chi connectivity index (χ1n) is 3.90. The van der Waals surface area contributed by atoms with Gasteiger partial charge in [-0.1, -0.05) is 12.2 Å². The normalized spacial score (nSPS) is 39.2. The minimum Gasteiger partial charge on any atom is -0.236 e. The molecule has 2 nitrogen and oxygen atoms in total. The fourth-order valence-corrected chi connectivity index (χ4v) is 1.59. The van der Waals surface area contributed by atoms with E-state index in [-0.39, 0.29) is 5.60 Å². The van der Waals surface area contributed by atoms with Gasteiger partial charge in [0, 0.05) is 6.42 Å². The van der Waals surface area contributed by atoms with Crippen molar-refractivity contribution < 1.29 is 9.78 Å². The highest BCUT2D eigenvalue weighted by molar-refractivity contribution is 5.06. The molecule has 1 heterocycles. The summed E-state index contributed by atoms with van der Waals surface area (Å²) >= 11 is 0. The highest BCUT2D eigenvalue weighted by Crippen LogP contribution is 2.33. The van der Waals surface area contributed by atoms with Crippen LogP contribution in [-0.4, -0.2) is 12.2 Å². The lowest BCUT2D eigenvalue weighted by molar-refractivity contribution is -0.298. The van der Waals surface area contributed by atoms with Crippen LogP contribution in [0.25, 0.3) is 0 Å². The molecule has 0 saturated carbocycles. The summed E-state index contributed by atoms with van der Waals surface area (Å²) < 4.78 is 0. The highest BCUT2D eigenvalue weighted by atomic mass is 17.2. The third kappa shape index (κ3) is 0.976. The molecule has 0 aromatic rings. The van der Waals surface area contributed by atoms with Gasteiger partial charge in [0.05, 0.1) is 6.61 Å². The summed E-state index contributed by atoms with van der Waals surface area (Å²) in [4.78, 5) is 10.1. The van der Waals surface area contributed by atoms with Gasteiger partial charge in [-0.3, -0.25) is 0 Å². The molecule has 0 aromatic heterocycles. The van der Waals surface area contributed by atoms with Crippen molar-refractivity contribution in [3.63, 3.8) is 0 Å². The van der Waals surface area contributed by atoms with Gasteiger partial charge >= 0.3 is 0 Å². The second-order valence-electron chi connectivity index (χ2n) is 3.01. The zero-order valence-electron chi connectivity index (χ0n) is 6.01. The Balaban J connectivity index is 2.11. The maximum atomic E-state index is 5.19. The van der Waals surface area contributed by atoms with Crippen LogP contribution in [0, 0.1) is 0 Å². The van der Waals surface area contributed by atoms with Gasteiger partial charge in [0.1, 0.15) is 5.60 Å². The van der Waals surface area contributed by atoms with E-state index in [0.717, 1.165) is 19.4 Å². The number of hydrogen-bond donors (Lipinski definition) is 0. The summed E-state index contributed by atoms with van der Waals surface area (Å²) in [6.45, 7) is 0.754. The van der Waals surface area contributed by atoms with Gasteiger partial charge in [0.2, 0.25) is 0 Å². The van der Waals surface area contributed by atoms with Gasteiger partial charge in [-0.15, -0.1) is 0 Å². The Labute approximate surface area is 60.7 Å². The van der Waals surface area contributed by atoms with Gasteiger partial charge in [-0.25, -0.2) is 9.78 Å². The first-order chi connectivity index (χ1) is 4.91. The summed E-state index contributed by atoms with van der Waals surface area (Å²) in [7, 11) is 0. The molecule has 1 spiro atoms.